The number of cyclic esters (lactones) is 1. The zero-order chi connectivity index (χ0) is 22.6. The number of aliphatic hydroxyl groups is 1. The van der Waals surface area contributed by atoms with Crippen LogP contribution in [0.4, 0.5) is 10.5 Å². The molecule has 0 bridgehead atoms. The molecule has 2 aromatic carbocycles. The standard InChI is InChI=1S/C22H19Cl3N2O5/c23-11-5-15-14(16(24)6-11)8-18(26-4-3-13(28)9-26)21(15)32-19-2-1-12(7-17(19)25)27-20(29)10-31-22(27)30/h1-2,5-7,13,18,21,28H,3-4,8-10H2/t13-,18-,21+/m1/s1. The van der Waals surface area contributed by atoms with Gasteiger partial charge in [0.15, 0.2) is 6.61 Å². The molecule has 2 amide bonds. The summed E-state index contributed by atoms with van der Waals surface area (Å²) >= 11 is 19.2. The molecule has 0 spiro atoms. The number of anilines is 1. The van der Waals surface area contributed by atoms with Crippen molar-refractivity contribution in [3.63, 3.8) is 0 Å². The number of β-amino-alcohol motifs (C(OH)–C–C–N with tert-alkyl or cyclic N) is 1. The van der Waals surface area contributed by atoms with Gasteiger partial charge in [-0.2, -0.15) is 0 Å². The van der Waals surface area contributed by atoms with E-state index in [-0.39, 0.29) is 23.8 Å². The maximum Gasteiger partial charge on any atom is 0.421 e. The number of nitrogens with zero attached hydrogens (tertiary/aromatic N) is 2. The van der Waals surface area contributed by atoms with E-state index in [1.54, 1.807) is 18.2 Å². The molecule has 1 aliphatic carbocycles. The minimum Gasteiger partial charge on any atom is -0.482 e. The topological polar surface area (TPSA) is 79.3 Å². The van der Waals surface area contributed by atoms with Crippen molar-refractivity contribution in [2.45, 2.75) is 31.1 Å². The number of aliphatic hydroxyl groups excluding tert-OH is 1. The van der Waals surface area contributed by atoms with Gasteiger partial charge in [0.25, 0.3) is 5.91 Å². The third-order valence-corrected chi connectivity index (χ3v) is 6.96. The smallest absolute Gasteiger partial charge is 0.421 e. The van der Waals surface area contributed by atoms with E-state index in [1.807, 2.05) is 6.07 Å². The molecular formula is C22H19Cl3N2O5. The lowest BCUT2D eigenvalue weighted by molar-refractivity contribution is -0.117. The van der Waals surface area contributed by atoms with Crippen LogP contribution in [0.5, 0.6) is 5.75 Å². The van der Waals surface area contributed by atoms with E-state index in [1.165, 1.54) is 6.07 Å². The average molecular weight is 498 g/mol. The molecular weight excluding hydrogens is 479 g/mol. The molecule has 2 heterocycles. The Bertz CT molecular complexity index is 1100. The fourth-order valence-corrected chi connectivity index (χ4v) is 5.42. The molecule has 0 saturated carbocycles. The second-order valence-electron chi connectivity index (χ2n) is 8.10. The lowest BCUT2D eigenvalue weighted by atomic mass is 10.1. The average Bonchev–Trinajstić information content (AvgIpc) is 3.41. The number of amides is 2. The Morgan fingerprint density at radius 1 is 1.09 bits per heavy atom. The van der Waals surface area contributed by atoms with Crippen LogP contribution in [0.2, 0.25) is 15.1 Å². The molecule has 7 nitrogen and oxygen atoms in total. The first-order valence-corrected chi connectivity index (χ1v) is 11.3. The summed E-state index contributed by atoms with van der Waals surface area (Å²) in [5, 5.41) is 11.4. The number of rotatable bonds is 4. The molecule has 10 heteroatoms. The van der Waals surface area contributed by atoms with Gasteiger partial charge in [0.1, 0.15) is 11.9 Å². The number of carbonyl (C=O) groups is 2. The summed E-state index contributed by atoms with van der Waals surface area (Å²) in [6, 6.07) is 8.22. The van der Waals surface area contributed by atoms with Crippen LogP contribution in [0.3, 0.4) is 0 Å². The Balaban J connectivity index is 1.47. The van der Waals surface area contributed by atoms with Gasteiger partial charge in [0.05, 0.1) is 22.9 Å². The Morgan fingerprint density at radius 3 is 2.56 bits per heavy atom. The molecule has 1 N–H and O–H groups in total. The summed E-state index contributed by atoms with van der Waals surface area (Å²) in [5.74, 6) is -0.0597. The summed E-state index contributed by atoms with van der Waals surface area (Å²) in [6.07, 6.45) is -0.163. The van der Waals surface area contributed by atoms with E-state index in [0.29, 0.717) is 40.9 Å². The molecule has 0 aromatic heterocycles. The maximum absolute atomic E-state index is 11.9. The van der Waals surface area contributed by atoms with E-state index in [9.17, 15) is 14.7 Å². The predicted molar refractivity (Wildman–Crippen MR) is 120 cm³/mol. The number of carbonyl (C=O) groups excluding carboxylic acids is 2. The van der Waals surface area contributed by atoms with Gasteiger partial charge in [-0.3, -0.25) is 9.69 Å². The molecule has 2 saturated heterocycles. The SMILES string of the molecule is O=C1COC(=O)N1c1ccc(O[C@H]2c3cc(Cl)cc(Cl)c3C[C@H]2N2CC[C@@H](O)C2)c(Cl)c1. The first-order valence-electron chi connectivity index (χ1n) is 10.2. The molecule has 2 aromatic rings. The van der Waals surface area contributed by atoms with Crippen LogP contribution in [0, 0.1) is 0 Å². The molecule has 2 fully saturated rings. The Hall–Kier alpha value is -2.03. The lowest BCUT2D eigenvalue weighted by Gasteiger charge is -2.30. The molecule has 3 aliphatic rings. The van der Waals surface area contributed by atoms with Crippen LogP contribution >= 0.6 is 34.8 Å². The first-order chi connectivity index (χ1) is 15.3. The highest BCUT2D eigenvalue weighted by Gasteiger charge is 2.42. The van der Waals surface area contributed by atoms with Crippen molar-refractivity contribution in [3.05, 3.63) is 56.5 Å². The minimum atomic E-state index is -0.735. The van der Waals surface area contributed by atoms with Gasteiger partial charge in [0.2, 0.25) is 0 Å². The normalized spacial score (nSPS) is 25.4. The molecule has 32 heavy (non-hydrogen) atoms. The molecule has 0 unspecified atom stereocenters. The fourth-order valence-electron chi connectivity index (χ4n) is 4.61. The van der Waals surface area contributed by atoms with Crippen LogP contribution < -0.4 is 9.64 Å². The van der Waals surface area contributed by atoms with Crippen molar-refractivity contribution in [2.24, 2.45) is 0 Å². The Morgan fingerprint density at radius 2 is 1.91 bits per heavy atom. The Kier molecular flexibility index (Phi) is 5.72. The molecule has 2 aliphatic heterocycles. The van der Waals surface area contributed by atoms with Gasteiger partial charge >= 0.3 is 6.09 Å². The van der Waals surface area contributed by atoms with Gasteiger partial charge < -0.3 is 14.6 Å². The number of imide groups is 1. The van der Waals surface area contributed by atoms with Gasteiger partial charge in [-0.25, -0.2) is 9.69 Å². The number of ether oxygens (including phenoxy) is 2. The van der Waals surface area contributed by atoms with Crippen LogP contribution in [0.1, 0.15) is 23.7 Å². The van der Waals surface area contributed by atoms with E-state index in [4.69, 9.17) is 44.3 Å². The molecule has 168 valence electrons. The van der Waals surface area contributed by atoms with Crippen molar-refractivity contribution in [1.29, 1.82) is 0 Å². The summed E-state index contributed by atoms with van der Waals surface area (Å²) < 4.78 is 11.1. The highest BCUT2D eigenvalue weighted by Crippen LogP contribution is 2.44. The third kappa shape index (κ3) is 3.82. The maximum atomic E-state index is 11.9. The summed E-state index contributed by atoms with van der Waals surface area (Å²) in [6.45, 7) is 1.01. The molecule has 3 atom stereocenters. The number of benzene rings is 2. The highest BCUT2D eigenvalue weighted by atomic mass is 35.5. The van der Waals surface area contributed by atoms with Crippen molar-refractivity contribution in [1.82, 2.24) is 4.90 Å². The van der Waals surface area contributed by atoms with Crippen molar-refractivity contribution >= 4 is 52.5 Å². The number of halogens is 3. The van der Waals surface area contributed by atoms with E-state index >= 15 is 0 Å². The van der Waals surface area contributed by atoms with Crippen molar-refractivity contribution in [2.75, 3.05) is 24.6 Å². The Labute approximate surface area is 199 Å². The molecule has 0 radical (unpaired) electrons. The summed E-state index contributed by atoms with van der Waals surface area (Å²) in [4.78, 5) is 26.9. The van der Waals surface area contributed by atoms with Crippen LogP contribution in [-0.2, 0) is 16.0 Å². The number of hydrogen-bond donors (Lipinski definition) is 1. The number of hydrogen-bond acceptors (Lipinski definition) is 6. The fraction of sp³-hybridized carbons (Fsp3) is 0.364. The first kappa shape index (κ1) is 21.8. The third-order valence-electron chi connectivity index (χ3n) is 6.11. The van der Waals surface area contributed by atoms with E-state index in [0.717, 1.165) is 22.6 Å². The number of fused-ring (bicyclic) bond motifs is 1. The van der Waals surface area contributed by atoms with Gasteiger partial charge in [-0.1, -0.05) is 34.8 Å². The quantitative estimate of drug-likeness (QED) is 0.681. The van der Waals surface area contributed by atoms with Crippen molar-refractivity contribution in [3.8, 4) is 5.75 Å². The largest absolute Gasteiger partial charge is 0.482 e. The van der Waals surface area contributed by atoms with Crippen molar-refractivity contribution < 1.29 is 24.2 Å². The zero-order valence-corrected chi connectivity index (χ0v) is 19.0. The zero-order valence-electron chi connectivity index (χ0n) is 16.8. The van der Waals surface area contributed by atoms with Crippen LogP contribution in [0.15, 0.2) is 30.3 Å². The summed E-state index contributed by atoms with van der Waals surface area (Å²) in [7, 11) is 0. The van der Waals surface area contributed by atoms with Gasteiger partial charge in [-0.05, 0) is 48.7 Å². The van der Waals surface area contributed by atoms with Gasteiger partial charge in [0, 0.05) is 28.7 Å². The van der Waals surface area contributed by atoms with Gasteiger partial charge in [-0.15, -0.1) is 0 Å². The monoisotopic (exact) mass is 496 g/mol. The van der Waals surface area contributed by atoms with Crippen LogP contribution in [-0.4, -0.2) is 53.8 Å². The second-order valence-corrected chi connectivity index (χ2v) is 9.35. The highest BCUT2D eigenvalue weighted by molar-refractivity contribution is 6.35. The minimum absolute atomic E-state index is 0.0519. The van der Waals surface area contributed by atoms with Crippen LogP contribution in [0.25, 0.3) is 0 Å². The second kappa shape index (κ2) is 8.39. The predicted octanol–water partition coefficient (Wildman–Crippen LogP) is 4.24. The molecule has 5 rings (SSSR count). The summed E-state index contributed by atoms with van der Waals surface area (Å²) in [5.41, 5.74) is 2.16. The lowest BCUT2D eigenvalue weighted by Crippen LogP contribution is -2.39. The van der Waals surface area contributed by atoms with E-state index < -0.39 is 18.1 Å². The van der Waals surface area contributed by atoms with E-state index in [2.05, 4.69) is 4.90 Å². The number of likely N-dealkylation sites (tertiary alicyclic amines) is 1.